The molecule has 2 aromatic rings. The lowest BCUT2D eigenvalue weighted by Gasteiger charge is -2.10. The fourth-order valence-electron chi connectivity index (χ4n) is 1.95. The first-order chi connectivity index (χ1) is 12.7. The summed E-state index contributed by atoms with van der Waals surface area (Å²) in [4.78, 5) is 33.3. The number of hydrogen-bond donors (Lipinski definition) is 2. The van der Waals surface area contributed by atoms with Crippen molar-refractivity contribution in [2.24, 2.45) is 0 Å². The van der Waals surface area contributed by atoms with Gasteiger partial charge in [0.2, 0.25) is 0 Å². The van der Waals surface area contributed by atoms with Crippen LogP contribution in [0.5, 0.6) is 5.75 Å². The third-order valence-electron chi connectivity index (χ3n) is 3.14. The lowest BCUT2D eigenvalue weighted by atomic mass is 10.1. The number of hydrogen-bond acceptors (Lipinski definition) is 5. The number of benzene rings is 2. The Hall–Kier alpha value is -3.63. The number of nitrogens with one attached hydrogen (secondary N) is 2. The zero-order valence-corrected chi connectivity index (χ0v) is 13.4. The van der Waals surface area contributed by atoms with E-state index >= 15 is 0 Å². The van der Waals surface area contributed by atoms with Crippen LogP contribution in [0.25, 0.3) is 0 Å². The molecule has 0 aliphatic rings. The number of nitro groups is 1. The number of rotatable bonds is 5. The summed E-state index contributed by atoms with van der Waals surface area (Å²) in [5.74, 6) is -0.475. The summed E-state index contributed by atoms with van der Waals surface area (Å²) in [6.45, 7) is -0.507. The van der Waals surface area contributed by atoms with E-state index in [1.807, 2.05) is 10.6 Å². The van der Waals surface area contributed by atoms with E-state index < -0.39 is 46.6 Å². The third-order valence-corrected chi connectivity index (χ3v) is 3.14. The number of halogens is 3. The van der Waals surface area contributed by atoms with Crippen molar-refractivity contribution in [1.82, 2.24) is 5.32 Å². The van der Waals surface area contributed by atoms with Crippen LogP contribution in [0.3, 0.4) is 0 Å². The summed E-state index contributed by atoms with van der Waals surface area (Å²) in [5.41, 5.74) is -2.71. The van der Waals surface area contributed by atoms with E-state index in [0.717, 1.165) is 6.07 Å². The molecule has 27 heavy (non-hydrogen) atoms. The van der Waals surface area contributed by atoms with Gasteiger partial charge in [-0.05, 0) is 24.3 Å². The second-order valence-corrected chi connectivity index (χ2v) is 5.09. The molecule has 8 nitrogen and oxygen atoms in total. The molecule has 0 bridgehead atoms. The quantitative estimate of drug-likeness (QED) is 0.608. The summed E-state index contributed by atoms with van der Waals surface area (Å²) in [6.07, 6.45) is -4.78. The van der Waals surface area contributed by atoms with Crippen molar-refractivity contribution in [2.45, 2.75) is 6.18 Å². The molecule has 0 saturated carbocycles. The third kappa shape index (κ3) is 5.70. The molecule has 142 valence electrons. The highest BCUT2D eigenvalue weighted by Crippen LogP contribution is 2.34. The van der Waals surface area contributed by atoms with Crippen LogP contribution in [0.15, 0.2) is 48.5 Å². The van der Waals surface area contributed by atoms with Crippen molar-refractivity contribution in [3.8, 4) is 5.75 Å². The minimum Gasteiger partial charge on any atom is -0.484 e. The zero-order valence-electron chi connectivity index (χ0n) is 13.4. The second-order valence-electron chi connectivity index (χ2n) is 5.09. The fraction of sp³-hybridized carbons (Fsp3) is 0.125. The molecule has 2 aromatic carbocycles. The van der Waals surface area contributed by atoms with Crippen LogP contribution in [-0.2, 0) is 11.0 Å². The molecule has 0 radical (unpaired) electrons. The van der Waals surface area contributed by atoms with E-state index in [9.17, 15) is 32.9 Å². The maximum absolute atomic E-state index is 12.6. The number of nitrogens with zero attached hydrogens (tertiary/aromatic N) is 1. The lowest BCUT2D eigenvalue weighted by molar-refractivity contribution is -0.384. The second kappa shape index (κ2) is 8.17. The van der Waals surface area contributed by atoms with E-state index in [1.54, 1.807) is 30.3 Å². The molecule has 0 unspecified atom stereocenters. The highest BCUT2D eigenvalue weighted by atomic mass is 19.4. The summed E-state index contributed by atoms with van der Waals surface area (Å²) < 4.78 is 43.0. The molecule has 0 aromatic heterocycles. The van der Waals surface area contributed by atoms with Gasteiger partial charge in [-0.25, -0.2) is 4.79 Å². The zero-order chi connectivity index (χ0) is 20.0. The van der Waals surface area contributed by atoms with Gasteiger partial charge in [-0.1, -0.05) is 18.2 Å². The maximum Gasteiger partial charge on any atom is 0.416 e. The van der Waals surface area contributed by atoms with Gasteiger partial charge in [0, 0.05) is 6.07 Å². The molecule has 0 saturated heterocycles. The molecule has 0 spiro atoms. The van der Waals surface area contributed by atoms with E-state index in [0.29, 0.717) is 11.8 Å². The number of urea groups is 1. The summed E-state index contributed by atoms with van der Waals surface area (Å²) >= 11 is 0. The predicted molar refractivity (Wildman–Crippen MR) is 87.2 cm³/mol. The first-order valence-corrected chi connectivity index (χ1v) is 7.31. The molecule has 3 amide bonds. The number of para-hydroxylation sites is 1. The topological polar surface area (TPSA) is 111 Å². The minimum atomic E-state index is -4.78. The Morgan fingerprint density at radius 1 is 1.11 bits per heavy atom. The van der Waals surface area contributed by atoms with Gasteiger partial charge < -0.3 is 10.1 Å². The van der Waals surface area contributed by atoms with Gasteiger partial charge in [0.25, 0.3) is 11.6 Å². The average molecular weight is 383 g/mol. The van der Waals surface area contributed by atoms with Crippen LogP contribution in [-0.4, -0.2) is 23.5 Å². The first kappa shape index (κ1) is 19.7. The molecule has 2 N–H and O–H groups in total. The largest absolute Gasteiger partial charge is 0.484 e. The monoisotopic (exact) mass is 383 g/mol. The maximum atomic E-state index is 12.6. The van der Waals surface area contributed by atoms with Crippen LogP contribution in [0.1, 0.15) is 5.56 Å². The summed E-state index contributed by atoms with van der Waals surface area (Å²) in [7, 11) is 0. The van der Waals surface area contributed by atoms with Crippen molar-refractivity contribution in [3.63, 3.8) is 0 Å². The first-order valence-electron chi connectivity index (χ1n) is 7.31. The van der Waals surface area contributed by atoms with Gasteiger partial charge in [0.1, 0.15) is 11.4 Å². The summed E-state index contributed by atoms with van der Waals surface area (Å²) in [5, 5.41) is 14.8. The Kier molecular flexibility index (Phi) is 5.96. The lowest BCUT2D eigenvalue weighted by Crippen LogP contribution is -2.37. The molecule has 0 aliphatic carbocycles. The predicted octanol–water partition coefficient (Wildman–Crippen LogP) is 3.34. The molecule has 2 rings (SSSR count). The molecule has 11 heteroatoms. The van der Waals surface area contributed by atoms with Crippen molar-refractivity contribution < 1.29 is 32.4 Å². The van der Waals surface area contributed by atoms with Crippen LogP contribution in [0, 0.1) is 10.1 Å². The van der Waals surface area contributed by atoms with Gasteiger partial charge in [-0.3, -0.25) is 20.2 Å². The highest BCUT2D eigenvalue weighted by molar-refractivity contribution is 6.02. The fourth-order valence-corrected chi connectivity index (χ4v) is 1.95. The van der Waals surface area contributed by atoms with Gasteiger partial charge in [-0.2, -0.15) is 13.2 Å². The van der Waals surface area contributed by atoms with Crippen LogP contribution >= 0.6 is 0 Å². The molecular weight excluding hydrogens is 371 g/mol. The van der Waals surface area contributed by atoms with Crippen LogP contribution < -0.4 is 15.4 Å². The number of alkyl halides is 3. The molecule has 0 fully saturated rings. The van der Waals surface area contributed by atoms with Crippen LogP contribution in [0.2, 0.25) is 0 Å². The van der Waals surface area contributed by atoms with Crippen molar-refractivity contribution in [2.75, 3.05) is 11.9 Å². The Morgan fingerprint density at radius 2 is 1.78 bits per heavy atom. The van der Waals surface area contributed by atoms with Crippen molar-refractivity contribution >= 4 is 23.3 Å². The van der Waals surface area contributed by atoms with Gasteiger partial charge in [0.05, 0.1) is 10.5 Å². The minimum absolute atomic E-state index is 0.288. The van der Waals surface area contributed by atoms with E-state index in [4.69, 9.17) is 4.74 Å². The van der Waals surface area contributed by atoms with Gasteiger partial charge in [-0.15, -0.1) is 0 Å². The standard InChI is InChI=1S/C16H12F3N3O5/c17-16(18,19)10-6-7-12(13(8-10)22(25)26)20-15(24)21-14(23)9-27-11-4-2-1-3-5-11/h1-8H,9H2,(H2,20,21,23,24). The highest BCUT2D eigenvalue weighted by Gasteiger charge is 2.33. The Bertz CT molecular complexity index is 856. The SMILES string of the molecule is O=C(COc1ccccc1)NC(=O)Nc1ccc(C(F)(F)F)cc1[N+](=O)[O-]. The summed E-state index contributed by atoms with van der Waals surface area (Å²) in [6, 6.07) is 8.67. The molecule has 0 heterocycles. The molecule has 0 atom stereocenters. The van der Waals surface area contributed by atoms with Crippen molar-refractivity contribution in [1.29, 1.82) is 0 Å². The number of carbonyl (C=O) groups is 2. The molecular formula is C16H12F3N3O5. The number of anilines is 1. The smallest absolute Gasteiger partial charge is 0.416 e. The van der Waals surface area contributed by atoms with E-state index in [-0.39, 0.29) is 6.07 Å². The number of amides is 3. The van der Waals surface area contributed by atoms with Gasteiger partial charge >= 0.3 is 12.2 Å². The number of imide groups is 1. The Labute approximate surface area is 150 Å². The molecule has 0 aliphatic heterocycles. The van der Waals surface area contributed by atoms with E-state index in [2.05, 4.69) is 0 Å². The number of nitro benzene ring substituents is 1. The normalized spacial score (nSPS) is 10.8. The number of carbonyl (C=O) groups excluding carboxylic acids is 2. The number of ether oxygens (including phenoxy) is 1. The van der Waals surface area contributed by atoms with Crippen LogP contribution in [0.4, 0.5) is 29.3 Å². The van der Waals surface area contributed by atoms with Crippen molar-refractivity contribution in [3.05, 3.63) is 64.2 Å². The average Bonchev–Trinajstić information content (AvgIpc) is 2.60. The van der Waals surface area contributed by atoms with Gasteiger partial charge in [0.15, 0.2) is 6.61 Å². The Morgan fingerprint density at radius 3 is 2.37 bits per heavy atom. The van der Waals surface area contributed by atoms with E-state index in [1.165, 1.54) is 0 Å². The Balaban J connectivity index is 2.00.